The molecule has 0 aliphatic carbocycles. The number of thiophene rings is 1. The van der Waals surface area contributed by atoms with Gasteiger partial charge in [0.1, 0.15) is 11.5 Å². The summed E-state index contributed by atoms with van der Waals surface area (Å²) in [5.74, 6) is -0.357. The van der Waals surface area contributed by atoms with Gasteiger partial charge < -0.3 is 10.5 Å². The quantitative estimate of drug-likeness (QED) is 0.864. The van der Waals surface area contributed by atoms with Gasteiger partial charge in [-0.1, -0.05) is 6.07 Å². The molecule has 0 amide bonds. The van der Waals surface area contributed by atoms with E-state index in [2.05, 4.69) is 4.98 Å². The van der Waals surface area contributed by atoms with E-state index in [0.717, 1.165) is 16.1 Å². The van der Waals surface area contributed by atoms with Crippen molar-refractivity contribution >= 4 is 23.0 Å². The Kier molecular flexibility index (Phi) is 3.62. The van der Waals surface area contributed by atoms with Crippen molar-refractivity contribution in [2.75, 3.05) is 5.73 Å². The van der Waals surface area contributed by atoms with Crippen molar-refractivity contribution in [1.82, 2.24) is 4.98 Å². The number of nitrogens with zero attached hydrogens (tertiary/aromatic N) is 1. The largest absolute Gasteiger partial charge is 0.455 e. The first-order valence-corrected chi connectivity index (χ1v) is 6.33. The highest BCUT2D eigenvalue weighted by Gasteiger charge is 2.13. The molecule has 0 aromatic carbocycles. The molecule has 18 heavy (non-hydrogen) atoms. The predicted octanol–water partition coefficient (Wildman–Crippen LogP) is 2.70. The summed E-state index contributed by atoms with van der Waals surface area (Å²) in [4.78, 5) is 17.4. The zero-order valence-corrected chi connectivity index (χ0v) is 11.1. The van der Waals surface area contributed by atoms with Crippen molar-refractivity contribution in [1.29, 1.82) is 0 Å². The number of anilines is 1. The molecule has 0 unspecified atom stereocenters. The molecule has 0 saturated heterocycles. The Bertz CT molecular complexity index is 559. The molecule has 0 spiro atoms. The van der Waals surface area contributed by atoms with E-state index in [4.69, 9.17) is 10.5 Å². The number of carbonyl (C=O) groups is 1. The van der Waals surface area contributed by atoms with Crippen LogP contribution in [0.4, 0.5) is 5.69 Å². The third-order valence-corrected chi connectivity index (χ3v) is 3.66. The Hall–Kier alpha value is -1.88. The van der Waals surface area contributed by atoms with Crippen molar-refractivity contribution in [3.8, 4) is 0 Å². The molecule has 0 radical (unpaired) electrons. The van der Waals surface area contributed by atoms with Gasteiger partial charge in [-0.25, -0.2) is 4.79 Å². The lowest BCUT2D eigenvalue weighted by atomic mass is 10.2. The number of rotatable bonds is 3. The molecule has 2 rings (SSSR count). The van der Waals surface area contributed by atoms with E-state index in [1.807, 2.05) is 26.0 Å². The molecule has 5 heteroatoms. The first-order valence-electron chi connectivity index (χ1n) is 5.51. The van der Waals surface area contributed by atoms with Crippen LogP contribution in [-0.4, -0.2) is 11.0 Å². The number of carbonyl (C=O) groups excluding carboxylic acids is 1. The number of pyridine rings is 1. The molecule has 94 valence electrons. The van der Waals surface area contributed by atoms with Crippen molar-refractivity contribution in [2.45, 2.75) is 20.5 Å². The smallest absolute Gasteiger partial charge is 0.348 e. The van der Waals surface area contributed by atoms with Crippen LogP contribution in [-0.2, 0) is 11.3 Å². The number of aromatic nitrogens is 1. The summed E-state index contributed by atoms with van der Waals surface area (Å²) in [7, 11) is 0. The zero-order valence-electron chi connectivity index (χ0n) is 10.3. The molecule has 0 aliphatic rings. The molecule has 0 bridgehead atoms. The topological polar surface area (TPSA) is 65.2 Å². The van der Waals surface area contributed by atoms with Crippen LogP contribution in [0, 0.1) is 13.8 Å². The standard InChI is InChI=1S/C13H14N2O2S/c1-8-4-3-5-15-11(8)7-17-13(16)12-6-10(14)9(2)18-12/h3-6H,7,14H2,1-2H3. The minimum atomic E-state index is -0.357. The summed E-state index contributed by atoms with van der Waals surface area (Å²) >= 11 is 1.34. The predicted molar refractivity (Wildman–Crippen MR) is 71.6 cm³/mol. The van der Waals surface area contributed by atoms with Gasteiger partial charge in [0, 0.05) is 16.8 Å². The number of hydrogen-bond acceptors (Lipinski definition) is 5. The average Bonchev–Trinajstić information content (AvgIpc) is 2.68. The van der Waals surface area contributed by atoms with E-state index in [1.54, 1.807) is 12.3 Å². The third-order valence-electron chi connectivity index (χ3n) is 2.62. The summed E-state index contributed by atoms with van der Waals surface area (Å²) < 4.78 is 5.22. The molecule has 0 fully saturated rings. The second-order valence-corrected chi connectivity index (χ2v) is 5.22. The Balaban J connectivity index is 2.03. The average molecular weight is 262 g/mol. The van der Waals surface area contributed by atoms with Crippen molar-refractivity contribution < 1.29 is 9.53 Å². The van der Waals surface area contributed by atoms with Crippen LogP contribution in [0.15, 0.2) is 24.4 Å². The van der Waals surface area contributed by atoms with E-state index in [-0.39, 0.29) is 12.6 Å². The Morgan fingerprint density at radius 3 is 2.89 bits per heavy atom. The van der Waals surface area contributed by atoms with Gasteiger partial charge in [0.2, 0.25) is 0 Å². The van der Waals surface area contributed by atoms with Gasteiger partial charge in [0.05, 0.1) is 5.69 Å². The molecule has 0 aliphatic heterocycles. The lowest BCUT2D eigenvalue weighted by Crippen LogP contribution is -2.05. The summed E-state index contributed by atoms with van der Waals surface area (Å²) in [6.45, 7) is 3.99. The van der Waals surface area contributed by atoms with Gasteiger partial charge in [-0.05, 0) is 31.5 Å². The van der Waals surface area contributed by atoms with Gasteiger partial charge in [-0.15, -0.1) is 11.3 Å². The molecular formula is C13H14N2O2S. The SMILES string of the molecule is Cc1cccnc1COC(=O)c1cc(N)c(C)s1. The first kappa shape index (κ1) is 12.6. The molecule has 0 saturated carbocycles. The van der Waals surface area contributed by atoms with E-state index in [0.29, 0.717) is 10.6 Å². The number of aryl methyl sites for hydroxylation is 2. The van der Waals surface area contributed by atoms with Gasteiger partial charge in [0.15, 0.2) is 0 Å². The fraction of sp³-hybridized carbons (Fsp3) is 0.231. The third kappa shape index (κ3) is 2.68. The fourth-order valence-corrected chi connectivity index (χ4v) is 2.31. The maximum Gasteiger partial charge on any atom is 0.348 e. The minimum Gasteiger partial charge on any atom is -0.455 e. The van der Waals surface area contributed by atoms with E-state index in [9.17, 15) is 4.79 Å². The zero-order chi connectivity index (χ0) is 13.1. The number of hydrogen-bond donors (Lipinski definition) is 1. The number of nitrogens with two attached hydrogens (primary N) is 1. The van der Waals surface area contributed by atoms with Crippen LogP contribution < -0.4 is 5.73 Å². The van der Waals surface area contributed by atoms with Crippen molar-refractivity contribution in [3.05, 3.63) is 45.4 Å². The highest BCUT2D eigenvalue weighted by atomic mass is 32.1. The molecule has 4 nitrogen and oxygen atoms in total. The van der Waals surface area contributed by atoms with Gasteiger partial charge in [-0.2, -0.15) is 0 Å². The van der Waals surface area contributed by atoms with E-state index in [1.165, 1.54) is 11.3 Å². The molecule has 0 atom stereocenters. The maximum absolute atomic E-state index is 11.8. The Morgan fingerprint density at radius 2 is 2.28 bits per heavy atom. The minimum absolute atomic E-state index is 0.183. The summed E-state index contributed by atoms with van der Waals surface area (Å²) in [6, 6.07) is 5.43. The molecular weight excluding hydrogens is 248 g/mol. The van der Waals surface area contributed by atoms with Gasteiger partial charge in [-0.3, -0.25) is 4.98 Å². The molecule has 2 aromatic rings. The van der Waals surface area contributed by atoms with E-state index < -0.39 is 0 Å². The number of ether oxygens (including phenoxy) is 1. The second kappa shape index (κ2) is 5.18. The monoisotopic (exact) mass is 262 g/mol. The maximum atomic E-state index is 11.8. The van der Waals surface area contributed by atoms with E-state index >= 15 is 0 Å². The van der Waals surface area contributed by atoms with Crippen LogP contribution in [0.3, 0.4) is 0 Å². The van der Waals surface area contributed by atoms with Crippen LogP contribution in [0.5, 0.6) is 0 Å². The second-order valence-electron chi connectivity index (χ2n) is 3.97. The van der Waals surface area contributed by atoms with Crippen molar-refractivity contribution in [2.24, 2.45) is 0 Å². The Labute approximate surface area is 109 Å². The normalized spacial score (nSPS) is 10.3. The van der Waals surface area contributed by atoms with Crippen molar-refractivity contribution in [3.63, 3.8) is 0 Å². The highest BCUT2D eigenvalue weighted by Crippen LogP contribution is 2.24. The van der Waals surface area contributed by atoms with Crippen LogP contribution in [0.25, 0.3) is 0 Å². The fourth-order valence-electron chi connectivity index (χ4n) is 1.47. The van der Waals surface area contributed by atoms with Crippen LogP contribution in [0.2, 0.25) is 0 Å². The number of nitrogen functional groups attached to an aromatic ring is 1. The summed E-state index contributed by atoms with van der Waals surface area (Å²) in [5.41, 5.74) is 8.10. The van der Waals surface area contributed by atoms with Crippen LogP contribution in [0.1, 0.15) is 25.8 Å². The van der Waals surface area contributed by atoms with Gasteiger partial charge >= 0.3 is 5.97 Å². The lowest BCUT2D eigenvalue weighted by molar-refractivity contribution is 0.0473. The number of esters is 1. The molecule has 2 N–H and O–H groups in total. The molecule has 2 aromatic heterocycles. The molecule has 2 heterocycles. The Morgan fingerprint density at radius 1 is 1.50 bits per heavy atom. The van der Waals surface area contributed by atoms with Gasteiger partial charge in [0.25, 0.3) is 0 Å². The summed E-state index contributed by atoms with van der Waals surface area (Å²) in [6.07, 6.45) is 1.68. The first-order chi connectivity index (χ1) is 8.58. The highest BCUT2D eigenvalue weighted by molar-refractivity contribution is 7.14. The lowest BCUT2D eigenvalue weighted by Gasteiger charge is -2.05. The van der Waals surface area contributed by atoms with Crippen LogP contribution >= 0.6 is 11.3 Å². The summed E-state index contributed by atoms with van der Waals surface area (Å²) in [5, 5.41) is 0.